The minimum absolute atomic E-state index is 0.0407. The van der Waals surface area contributed by atoms with Gasteiger partial charge in [0.2, 0.25) is 0 Å². The molecule has 0 amide bonds. The molecule has 0 spiro atoms. The Balaban J connectivity index is 1.94. The number of ether oxygens (including phenoxy) is 2. The molecular weight excluding hydrogens is 268 g/mol. The van der Waals surface area contributed by atoms with Gasteiger partial charge in [0.15, 0.2) is 0 Å². The van der Waals surface area contributed by atoms with E-state index < -0.39 is 0 Å². The average molecular weight is 292 g/mol. The normalized spacial score (nSPS) is 40.7. The number of esters is 2. The number of allylic oxidation sites excluding steroid dienone is 1. The van der Waals surface area contributed by atoms with Gasteiger partial charge in [0.1, 0.15) is 6.10 Å². The number of fused-ring (bicyclic) bond motifs is 3. The number of carbonyl (C=O) groups is 2. The van der Waals surface area contributed by atoms with Crippen LogP contribution in [0.25, 0.3) is 0 Å². The third-order valence-corrected chi connectivity index (χ3v) is 6.14. The van der Waals surface area contributed by atoms with Crippen molar-refractivity contribution in [3.05, 3.63) is 11.6 Å². The molecule has 0 aromatic carbocycles. The van der Waals surface area contributed by atoms with E-state index in [4.69, 9.17) is 9.47 Å². The second-order valence-corrected chi connectivity index (χ2v) is 7.56. The van der Waals surface area contributed by atoms with Crippen molar-refractivity contribution in [3.8, 4) is 0 Å². The Kier molecular flexibility index (Phi) is 3.19. The SMILES string of the molecule is CC(=O)O[C@@H]1CC[C@@]2(C)C3COC(=O)C3=CC[C@@H]2C1(C)C. The van der Waals surface area contributed by atoms with Gasteiger partial charge in [0.05, 0.1) is 6.61 Å². The summed E-state index contributed by atoms with van der Waals surface area (Å²) in [6.45, 7) is 8.65. The number of carbonyl (C=O) groups excluding carboxylic acids is 2. The summed E-state index contributed by atoms with van der Waals surface area (Å²) in [4.78, 5) is 23.2. The Morgan fingerprint density at radius 2 is 2.10 bits per heavy atom. The molecule has 2 fully saturated rings. The zero-order chi connectivity index (χ0) is 15.4. The maximum Gasteiger partial charge on any atom is 0.334 e. The highest BCUT2D eigenvalue weighted by Crippen LogP contribution is 2.61. The van der Waals surface area contributed by atoms with Gasteiger partial charge in [-0.15, -0.1) is 0 Å². The van der Waals surface area contributed by atoms with Crippen LogP contribution in [0.1, 0.15) is 47.0 Å². The Morgan fingerprint density at radius 3 is 2.76 bits per heavy atom. The fourth-order valence-corrected chi connectivity index (χ4v) is 4.95. The van der Waals surface area contributed by atoms with Crippen LogP contribution in [-0.4, -0.2) is 24.6 Å². The van der Waals surface area contributed by atoms with Gasteiger partial charge < -0.3 is 9.47 Å². The lowest BCUT2D eigenvalue weighted by atomic mass is 9.48. The van der Waals surface area contributed by atoms with E-state index in [1.54, 1.807) is 0 Å². The summed E-state index contributed by atoms with van der Waals surface area (Å²) in [5.41, 5.74) is 0.832. The monoisotopic (exact) mass is 292 g/mol. The highest BCUT2D eigenvalue weighted by atomic mass is 16.5. The van der Waals surface area contributed by atoms with Crippen LogP contribution in [0.5, 0.6) is 0 Å². The highest BCUT2D eigenvalue weighted by molar-refractivity contribution is 5.91. The van der Waals surface area contributed by atoms with Crippen LogP contribution in [0.2, 0.25) is 0 Å². The van der Waals surface area contributed by atoms with Gasteiger partial charge in [0, 0.05) is 23.8 Å². The molecule has 4 atom stereocenters. The summed E-state index contributed by atoms with van der Waals surface area (Å²) < 4.78 is 10.9. The van der Waals surface area contributed by atoms with E-state index in [9.17, 15) is 9.59 Å². The second-order valence-electron chi connectivity index (χ2n) is 7.56. The summed E-state index contributed by atoms with van der Waals surface area (Å²) in [5, 5.41) is 0. The molecule has 0 aromatic heterocycles. The van der Waals surface area contributed by atoms with Crippen LogP contribution in [-0.2, 0) is 19.1 Å². The zero-order valence-electron chi connectivity index (χ0n) is 13.3. The molecule has 0 aromatic rings. The summed E-state index contributed by atoms with van der Waals surface area (Å²) in [6, 6.07) is 0. The maximum absolute atomic E-state index is 11.8. The fraction of sp³-hybridized carbons (Fsp3) is 0.765. The van der Waals surface area contributed by atoms with E-state index in [1.807, 2.05) is 0 Å². The number of cyclic esters (lactones) is 1. The van der Waals surface area contributed by atoms with E-state index in [-0.39, 0.29) is 34.8 Å². The highest BCUT2D eigenvalue weighted by Gasteiger charge is 2.59. The van der Waals surface area contributed by atoms with E-state index in [0.717, 1.165) is 24.8 Å². The quantitative estimate of drug-likeness (QED) is 0.697. The van der Waals surface area contributed by atoms with Crippen LogP contribution in [0.3, 0.4) is 0 Å². The van der Waals surface area contributed by atoms with Crippen LogP contribution in [0, 0.1) is 22.7 Å². The van der Waals surface area contributed by atoms with Crippen LogP contribution in [0.15, 0.2) is 11.6 Å². The molecule has 3 rings (SSSR count). The smallest absolute Gasteiger partial charge is 0.334 e. The fourth-order valence-electron chi connectivity index (χ4n) is 4.95. The summed E-state index contributed by atoms with van der Waals surface area (Å²) >= 11 is 0. The molecule has 21 heavy (non-hydrogen) atoms. The van der Waals surface area contributed by atoms with Crippen LogP contribution in [0.4, 0.5) is 0 Å². The predicted octanol–water partition coefficient (Wildman–Crippen LogP) is 2.86. The lowest BCUT2D eigenvalue weighted by molar-refractivity contribution is -0.171. The largest absolute Gasteiger partial charge is 0.462 e. The van der Waals surface area contributed by atoms with Gasteiger partial charge in [0.25, 0.3) is 0 Å². The third kappa shape index (κ3) is 2.02. The van der Waals surface area contributed by atoms with Gasteiger partial charge in [-0.05, 0) is 30.6 Å². The molecule has 2 aliphatic carbocycles. The van der Waals surface area contributed by atoms with Gasteiger partial charge in [-0.2, -0.15) is 0 Å². The van der Waals surface area contributed by atoms with Gasteiger partial charge >= 0.3 is 11.9 Å². The van der Waals surface area contributed by atoms with Crippen LogP contribution < -0.4 is 0 Å². The summed E-state index contributed by atoms with van der Waals surface area (Å²) in [7, 11) is 0. The van der Waals surface area contributed by atoms with E-state index in [0.29, 0.717) is 12.5 Å². The van der Waals surface area contributed by atoms with Crippen molar-refractivity contribution >= 4 is 11.9 Å². The molecule has 116 valence electrons. The molecule has 4 heteroatoms. The lowest BCUT2D eigenvalue weighted by Crippen LogP contribution is -2.55. The van der Waals surface area contributed by atoms with E-state index in [1.165, 1.54) is 6.92 Å². The number of rotatable bonds is 1. The number of hydrogen-bond donors (Lipinski definition) is 0. The van der Waals surface area contributed by atoms with Gasteiger partial charge in [-0.25, -0.2) is 4.79 Å². The van der Waals surface area contributed by atoms with Crippen LogP contribution >= 0.6 is 0 Å². The van der Waals surface area contributed by atoms with Crippen molar-refractivity contribution in [1.29, 1.82) is 0 Å². The molecule has 3 aliphatic rings. The van der Waals surface area contributed by atoms with Crippen molar-refractivity contribution in [1.82, 2.24) is 0 Å². The average Bonchev–Trinajstić information content (AvgIpc) is 2.76. The molecule has 1 aliphatic heterocycles. The summed E-state index contributed by atoms with van der Waals surface area (Å²) in [5.74, 6) is 0.246. The maximum atomic E-state index is 11.8. The topological polar surface area (TPSA) is 52.6 Å². The first-order valence-corrected chi connectivity index (χ1v) is 7.81. The van der Waals surface area contributed by atoms with E-state index in [2.05, 4.69) is 26.8 Å². The molecule has 4 nitrogen and oxygen atoms in total. The molecule has 1 saturated heterocycles. The minimum Gasteiger partial charge on any atom is -0.462 e. The molecule has 0 radical (unpaired) electrons. The van der Waals surface area contributed by atoms with Crippen molar-refractivity contribution in [2.45, 2.75) is 53.1 Å². The Bertz CT molecular complexity index is 519. The summed E-state index contributed by atoms with van der Waals surface area (Å²) in [6.07, 6.45) is 4.71. The second kappa shape index (κ2) is 4.59. The van der Waals surface area contributed by atoms with Crippen molar-refractivity contribution in [2.24, 2.45) is 22.7 Å². The molecule has 1 unspecified atom stereocenters. The lowest BCUT2D eigenvalue weighted by Gasteiger charge is -2.57. The molecule has 1 heterocycles. The molecule has 0 N–H and O–H groups in total. The van der Waals surface area contributed by atoms with Crippen molar-refractivity contribution in [3.63, 3.8) is 0 Å². The predicted molar refractivity (Wildman–Crippen MR) is 77.3 cm³/mol. The molecular formula is C17H24O4. The molecule has 0 bridgehead atoms. The number of hydrogen-bond acceptors (Lipinski definition) is 4. The van der Waals surface area contributed by atoms with Crippen molar-refractivity contribution in [2.75, 3.05) is 6.61 Å². The zero-order valence-corrected chi connectivity index (χ0v) is 13.3. The Labute approximate surface area is 125 Å². The first kappa shape index (κ1) is 14.6. The molecule has 1 saturated carbocycles. The third-order valence-electron chi connectivity index (χ3n) is 6.14. The first-order chi connectivity index (χ1) is 9.76. The first-order valence-electron chi connectivity index (χ1n) is 7.81. The van der Waals surface area contributed by atoms with Gasteiger partial charge in [-0.3, -0.25) is 4.79 Å². The standard InChI is InChI=1S/C17H24O4/c1-10(18)21-14-7-8-17(4)12-9-20-15(19)11(12)5-6-13(17)16(14,2)3/h5,12-14H,6-9H2,1-4H3/t12?,13-,14-,17+/m1/s1. The van der Waals surface area contributed by atoms with E-state index >= 15 is 0 Å². The minimum atomic E-state index is -0.205. The van der Waals surface area contributed by atoms with Crippen molar-refractivity contribution < 1.29 is 19.1 Å². The Morgan fingerprint density at radius 1 is 1.38 bits per heavy atom. The van der Waals surface area contributed by atoms with Gasteiger partial charge in [-0.1, -0.05) is 26.8 Å². The Hall–Kier alpha value is -1.32.